The number of carbonyl (C=O) groups excluding carboxylic acids is 2. The Morgan fingerprint density at radius 3 is 2.62 bits per heavy atom. The van der Waals surface area contributed by atoms with Crippen molar-refractivity contribution < 1.29 is 14.3 Å². The van der Waals surface area contributed by atoms with Crippen LogP contribution >= 0.6 is 15.9 Å². The summed E-state index contributed by atoms with van der Waals surface area (Å²) >= 11 is 3.31. The highest BCUT2D eigenvalue weighted by Gasteiger charge is 2.10. The standard InChI is InChI=1S/C16H14BrNO3/c1-11-4-2-5-12(8-11)16(20)21-10-15(19)18-14-7-3-6-13(17)9-14/h2-9H,10H2,1H3,(H,18,19). The molecule has 0 aliphatic rings. The van der Waals surface area contributed by atoms with Crippen LogP contribution in [0.4, 0.5) is 5.69 Å². The number of nitrogens with one attached hydrogen (secondary N) is 1. The number of halogens is 1. The maximum Gasteiger partial charge on any atom is 0.338 e. The summed E-state index contributed by atoms with van der Waals surface area (Å²) in [6, 6.07) is 14.2. The van der Waals surface area contributed by atoms with Gasteiger partial charge in [0.2, 0.25) is 0 Å². The Labute approximate surface area is 131 Å². The summed E-state index contributed by atoms with van der Waals surface area (Å²) in [6.07, 6.45) is 0. The van der Waals surface area contributed by atoms with Gasteiger partial charge >= 0.3 is 5.97 Å². The minimum Gasteiger partial charge on any atom is -0.452 e. The largest absolute Gasteiger partial charge is 0.452 e. The van der Waals surface area contributed by atoms with Gasteiger partial charge in [-0.2, -0.15) is 0 Å². The molecule has 0 unspecified atom stereocenters. The summed E-state index contributed by atoms with van der Waals surface area (Å²) in [4.78, 5) is 23.5. The number of hydrogen-bond donors (Lipinski definition) is 1. The van der Waals surface area contributed by atoms with Crippen LogP contribution < -0.4 is 5.32 Å². The third-order valence-electron chi connectivity index (χ3n) is 2.70. The number of benzene rings is 2. The summed E-state index contributed by atoms with van der Waals surface area (Å²) in [6.45, 7) is 1.57. The van der Waals surface area contributed by atoms with E-state index in [0.29, 0.717) is 11.3 Å². The van der Waals surface area contributed by atoms with Gasteiger partial charge in [-0.25, -0.2) is 4.79 Å². The molecule has 0 bridgehead atoms. The van der Waals surface area contributed by atoms with Crippen molar-refractivity contribution in [1.82, 2.24) is 0 Å². The van der Waals surface area contributed by atoms with Crippen LogP contribution in [0, 0.1) is 6.92 Å². The second-order valence-corrected chi connectivity index (χ2v) is 5.42. The number of esters is 1. The monoisotopic (exact) mass is 347 g/mol. The summed E-state index contributed by atoms with van der Waals surface area (Å²) in [5.74, 6) is -0.891. The third kappa shape index (κ3) is 4.72. The first-order chi connectivity index (χ1) is 10.0. The van der Waals surface area contributed by atoms with Gasteiger partial charge in [0.15, 0.2) is 6.61 Å². The Morgan fingerprint density at radius 1 is 1.14 bits per heavy atom. The fourth-order valence-corrected chi connectivity index (χ4v) is 2.15. The Morgan fingerprint density at radius 2 is 1.90 bits per heavy atom. The lowest BCUT2D eigenvalue weighted by atomic mass is 10.1. The normalized spacial score (nSPS) is 10.0. The topological polar surface area (TPSA) is 55.4 Å². The van der Waals surface area contributed by atoms with Crippen LogP contribution in [-0.4, -0.2) is 18.5 Å². The van der Waals surface area contributed by atoms with E-state index >= 15 is 0 Å². The summed E-state index contributed by atoms with van der Waals surface area (Å²) < 4.78 is 5.84. The Hall–Kier alpha value is -2.14. The van der Waals surface area contributed by atoms with Crippen LogP contribution in [0.3, 0.4) is 0 Å². The van der Waals surface area contributed by atoms with Crippen LogP contribution in [0.2, 0.25) is 0 Å². The van der Waals surface area contributed by atoms with Crippen molar-refractivity contribution in [3.8, 4) is 0 Å². The van der Waals surface area contributed by atoms with Gasteiger partial charge in [0.25, 0.3) is 5.91 Å². The first kappa shape index (κ1) is 15.3. The Bertz CT molecular complexity index is 670. The molecule has 1 N–H and O–H groups in total. The van der Waals surface area contributed by atoms with Crippen LogP contribution in [-0.2, 0) is 9.53 Å². The predicted molar refractivity (Wildman–Crippen MR) is 84.2 cm³/mol. The first-order valence-corrected chi connectivity index (χ1v) is 7.13. The van der Waals surface area contributed by atoms with E-state index in [0.717, 1.165) is 10.0 Å². The maximum atomic E-state index is 11.8. The average Bonchev–Trinajstić information content (AvgIpc) is 2.45. The maximum absolute atomic E-state index is 11.8. The highest BCUT2D eigenvalue weighted by atomic mass is 79.9. The molecule has 0 heterocycles. The van der Waals surface area contributed by atoms with Crippen LogP contribution in [0.5, 0.6) is 0 Å². The number of hydrogen-bond acceptors (Lipinski definition) is 3. The first-order valence-electron chi connectivity index (χ1n) is 6.34. The highest BCUT2D eigenvalue weighted by Crippen LogP contribution is 2.15. The molecule has 0 fully saturated rings. The fraction of sp³-hybridized carbons (Fsp3) is 0.125. The van der Waals surface area contributed by atoms with Gasteiger partial charge in [-0.05, 0) is 37.3 Å². The number of carbonyl (C=O) groups is 2. The van der Waals surface area contributed by atoms with Crippen molar-refractivity contribution >= 4 is 33.5 Å². The minimum atomic E-state index is -0.511. The molecule has 2 aromatic rings. The molecule has 108 valence electrons. The lowest BCUT2D eigenvalue weighted by Crippen LogP contribution is -2.20. The van der Waals surface area contributed by atoms with E-state index in [1.165, 1.54) is 0 Å². The van der Waals surface area contributed by atoms with Crippen LogP contribution in [0.15, 0.2) is 53.0 Å². The number of ether oxygens (including phenoxy) is 1. The van der Waals surface area contributed by atoms with E-state index in [-0.39, 0.29) is 12.5 Å². The number of anilines is 1. The second kappa shape index (κ2) is 7.04. The lowest BCUT2D eigenvalue weighted by molar-refractivity contribution is -0.119. The molecular weight excluding hydrogens is 334 g/mol. The molecule has 0 aliphatic carbocycles. The Kier molecular flexibility index (Phi) is 5.11. The number of rotatable bonds is 4. The zero-order chi connectivity index (χ0) is 15.2. The molecule has 0 aliphatic heterocycles. The molecule has 0 saturated heterocycles. The van der Waals surface area contributed by atoms with Gasteiger partial charge < -0.3 is 10.1 Å². The van der Waals surface area contributed by atoms with Gasteiger partial charge in [0.1, 0.15) is 0 Å². The molecule has 4 nitrogen and oxygen atoms in total. The third-order valence-corrected chi connectivity index (χ3v) is 3.19. The second-order valence-electron chi connectivity index (χ2n) is 4.50. The van der Waals surface area contributed by atoms with Crippen LogP contribution in [0.1, 0.15) is 15.9 Å². The smallest absolute Gasteiger partial charge is 0.338 e. The molecule has 2 rings (SSSR count). The van der Waals surface area contributed by atoms with Gasteiger partial charge in [0, 0.05) is 10.2 Å². The van der Waals surface area contributed by atoms with Gasteiger partial charge in [-0.3, -0.25) is 4.79 Å². The molecule has 0 spiro atoms. The predicted octanol–water partition coefficient (Wildman–Crippen LogP) is 3.55. The minimum absolute atomic E-state index is 0.320. The van der Waals surface area contributed by atoms with Crippen molar-refractivity contribution in [2.45, 2.75) is 6.92 Å². The van der Waals surface area contributed by atoms with E-state index in [4.69, 9.17) is 4.74 Å². The highest BCUT2D eigenvalue weighted by molar-refractivity contribution is 9.10. The van der Waals surface area contributed by atoms with E-state index in [9.17, 15) is 9.59 Å². The lowest BCUT2D eigenvalue weighted by Gasteiger charge is -2.07. The molecular formula is C16H14BrNO3. The van der Waals surface area contributed by atoms with Crippen molar-refractivity contribution in [3.05, 3.63) is 64.1 Å². The van der Waals surface area contributed by atoms with E-state index in [1.807, 2.05) is 19.1 Å². The van der Waals surface area contributed by atoms with E-state index < -0.39 is 5.97 Å². The molecule has 5 heteroatoms. The molecule has 2 aromatic carbocycles. The molecule has 21 heavy (non-hydrogen) atoms. The molecule has 0 atom stereocenters. The zero-order valence-electron chi connectivity index (χ0n) is 11.4. The molecule has 1 amide bonds. The molecule has 0 radical (unpaired) electrons. The van der Waals surface area contributed by atoms with Gasteiger partial charge in [-0.1, -0.05) is 39.7 Å². The van der Waals surface area contributed by atoms with Crippen molar-refractivity contribution in [1.29, 1.82) is 0 Å². The SMILES string of the molecule is Cc1cccc(C(=O)OCC(=O)Nc2cccc(Br)c2)c1. The average molecular weight is 348 g/mol. The van der Waals surface area contributed by atoms with E-state index in [1.54, 1.807) is 36.4 Å². The Balaban J connectivity index is 1.88. The summed E-state index contributed by atoms with van der Waals surface area (Å²) in [5, 5.41) is 2.65. The molecule has 0 saturated carbocycles. The summed E-state index contributed by atoms with van der Waals surface area (Å²) in [7, 11) is 0. The van der Waals surface area contributed by atoms with Crippen molar-refractivity contribution in [3.63, 3.8) is 0 Å². The zero-order valence-corrected chi connectivity index (χ0v) is 13.0. The summed E-state index contributed by atoms with van der Waals surface area (Å²) in [5.41, 5.74) is 2.04. The fourth-order valence-electron chi connectivity index (χ4n) is 1.75. The van der Waals surface area contributed by atoms with E-state index in [2.05, 4.69) is 21.2 Å². The van der Waals surface area contributed by atoms with Crippen LogP contribution in [0.25, 0.3) is 0 Å². The van der Waals surface area contributed by atoms with Crippen molar-refractivity contribution in [2.75, 3.05) is 11.9 Å². The van der Waals surface area contributed by atoms with Crippen molar-refractivity contribution in [2.24, 2.45) is 0 Å². The quantitative estimate of drug-likeness (QED) is 0.860. The van der Waals surface area contributed by atoms with Gasteiger partial charge in [-0.15, -0.1) is 0 Å². The van der Waals surface area contributed by atoms with Gasteiger partial charge in [0.05, 0.1) is 5.56 Å². The molecule has 0 aromatic heterocycles. The number of aryl methyl sites for hydroxylation is 1. The number of amides is 1.